The number of carbonyl (C=O) groups excluding carboxylic acids is 1. The van der Waals surface area contributed by atoms with E-state index in [1.54, 1.807) is 7.11 Å². The Balaban J connectivity index is 1.27. The lowest BCUT2D eigenvalue weighted by atomic mass is 9.96. The maximum atomic E-state index is 12.5. The van der Waals surface area contributed by atoms with Crippen LogP contribution in [0.15, 0.2) is 28.8 Å². The van der Waals surface area contributed by atoms with Gasteiger partial charge in [-0.2, -0.15) is 4.98 Å². The Kier molecular flexibility index (Phi) is 6.29. The zero-order valence-corrected chi connectivity index (χ0v) is 16.8. The predicted octanol–water partition coefficient (Wildman–Crippen LogP) is 3.38. The van der Waals surface area contributed by atoms with Crippen molar-refractivity contribution in [2.45, 2.75) is 57.3 Å². The van der Waals surface area contributed by atoms with Gasteiger partial charge in [0, 0.05) is 31.7 Å². The molecule has 0 bridgehead atoms. The monoisotopic (exact) mass is 400 g/mol. The van der Waals surface area contributed by atoms with E-state index in [4.69, 9.17) is 14.0 Å². The van der Waals surface area contributed by atoms with Gasteiger partial charge in [0.1, 0.15) is 18.5 Å². The first-order valence-corrected chi connectivity index (χ1v) is 10.4. The molecule has 2 heterocycles. The van der Waals surface area contributed by atoms with Gasteiger partial charge in [0.05, 0.1) is 6.54 Å². The number of hydrogen-bond acceptors (Lipinski definition) is 6. The number of nitrogens with zero attached hydrogens (tertiary/aromatic N) is 3. The van der Waals surface area contributed by atoms with Crippen molar-refractivity contribution < 1.29 is 18.8 Å². The van der Waals surface area contributed by atoms with Crippen LogP contribution in [0.1, 0.15) is 44.4 Å². The summed E-state index contributed by atoms with van der Waals surface area (Å²) in [5.41, 5.74) is 0.850. The van der Waals surface area contributed by atoms with Crippen LogP contribution in [0, 0.1) is 0 Å². The molecule has 0 spiro atoms. The molecule has 1 aromatic carbocycles. The highest BCUT2D eigenvalue weighted by molar-refractivity contribution is 5.74. The van der Waals surface area contributed by atoms with Crippen LogP contribution >= 0.6 is 0 Å². The highest BCUT2D eigenvalue weighted by Gasteiger charge is 2.29. The number of urea groups is 1. The predicted molar refractivity (Wildman–Crippen MR) is 106 cm³/mol. The molecule has 1 N–H and O–H groups in total. The molecule has 1 aliphatic heterocycles. The van der Waals surface area contributed by atoms with Gasteiger partial charge in [-0.1, -0.05) is 24.4 Å². The summed E-state index contributed by atoms with van der Waals surface area (Å²) in [7, 11) is 1.58. The maximum Gasteiger partial charge on any atom is 0.317 e. The Morgan fingerprint density at radius 1 is 1.21 bits per heavy atom. The SMILES string of the molecule is COCc1nc(-c2ccc(OC3CCN(C(=O)NC4CCCCC4)C3)cc2)no1. The molecule has 1 aromatic heterocycles. The number of methoxy groups -OCH3 is 1. The molecule has 29 heavy (non-hydrogen) atoms. The average Bonchev–Trinajstić information content (AvgIpc) is 3.40. The summed E-state index contributed by atoms with van der Waals surface area (Å²) in [5.74, 6) is 1.74. The third-order valence-electron chi connectivity index (χ3n) is 5.52. The van der Waals surface area contributed by atoms with E-state index in [0.29, 0.717) is 30.9 Å². The largest absolute Gasteiger partial charge is 0.489 e. The Hall–Kier alpha value is -2.61. The Labute approximate surface area is 170 Å². The van der Waals surface area contributed by atoms with Crippen molar-refractivity contribution in [3.63, 3.8) is 0 Å². The molecule has 4 rings (SSSR count). The summed E-state index contributed by atoms with van der Waals surface area (Å²) in [6.07, 6.45) is 6.75. The molecule has 1 saturated carbocycles. The zero-order valence-electron chi connectivity index (χ0n) is 16.8. The lowest BCUT2D eigenvalue weighted by Crippen LogP contribution is -2.45. The second-order valence-electron chi connectivity index (χ2n) is 7.73. The van der Waals surface area contributed by atoms with Crippen molar-refractivity contribution >= 4 is 6.03 Å². The van der Waals surface area contributed by atoms with Crippen LogP contribution in [-0.2, 0) is 11.3 Å². The van der Waals surface area contributed by atoms with E-state index >= 15 is 0 Å². The molecule has 0 radical (unpaired) electrons. The highest BCUT2D eigenvalue weighted by atomic mass is 16.5. The second kappa shape index (κ2) is 9.26. The molecule has 8 nitrogen and oxygen atoms in total. The van der Waals surface area contributed by atoms with E-state index in [1.807, 2.05) is 29.2 Å². The second-order valence-corrected chi connectivity index (χ2v) is 7.73. The molecule has 1 aliphatic carbocycles. The highest BCUT2D eigenvalue weighted by Crippen LogP contribution is 2.23. The zero-order chi connectivity index (χ0) is 20.1. The third-order valence-corrected chi connectivity index (χ3v) is 5.52. The topological polar surface area (TPSA) is 89.7 Å². The standard InChI is InChI=1S/C21H28N4O4/c1-27-14-19-23-20(24-29-19)15-7-9-17(10-8-15)28-18-11-12-25(13-18)21(26)22-16-5-3-2-4-6-16/h7-10,16,18H,2-6,11-14H2,1H3,(H,22,26). The molecule has 2 amide bonds. The number of carbonyl (C=O) groups is 1. The molecule has 1 atom stereocenters. The summed E-state index contributed by atoms with van der Waals surface area (Å²) in [6, 6.07) is 7.97. The molecule has 1 unspecified atom stereocenters. The molecule has 2 aliphatic rings. The number of aromatic nitrogens is 2. The number of rotatable bonds is 6. The quantitative estimate of drug-likeness (QED) is 0.800. The number of nitrogens with one attached hydrogen (secondary N) is 1. The van der Waals surface area contributed by atoms with Crippen molar-refractivity contribution in [1.82, 2.24) is 20.4 Å². The number of amides is 2. The fourth-order valence-corrected chi connectivity index (χ4v) is 3.95. The van der Waals surface area contributed by atoms with Crippen molar-refractivity contribution in [2.75, 3.05) is 20.2 Å². The summed E-state index contributed by atoms with van der Waals surface area (Å²) in [4.78, 5) is 18.6. The van der Waals surface area contributed by atoms with Gasteiger partial charge in [0.25, 0.3) is 5.89 Å². The fourth-order valence-electron chi connectivity index (χ4n) is 3.95. The van der Waals surface area contributed by atoms with Crippen LogP contribution in [0.3, 0.4) is 0 Å². The van der Waals surface area contributed by atoms with Crippen LogP contribution in [0.4, 0.5) is 4.79 Å². The first kappa shape index (κ1) is 19.7. The first-order chi connectivity index (χ1) is 14.2. The maximum absolute atomic E-state index is 12.5. The van der Waals surface area contributed by atoms with E-state index in [0.717, 1.165) is 37.1 Å². The minimum atomic E-state index is 0.0106. The Bertz CT molecular complexity index is 801. The summed E-state index contributed by atoms with van der Waals surface area (Å²) >= 11 is 0. The first-order valence-electron chi connectivity index (χ1n) is 10.4. The van der Waals surface area contributed by atoms with Crippen LogP contribution in [0.2, 0.25) is 0 Å². The molecule has 1 saturated heterocycles. The molecule has 156 valence electrons. The van der Waals surface area contributed by atoms with Gasteiger partial charge >= 0.3 is 6.03 Å². The average molecular weight is 400 g/mol. The van der Waals surface area contributed by atoms with Crippen molar-refractivity contribution in [3.05, 3.63) is 30.2 Å². The number of hydrogen-bond donors (Lipinski definition) is 1. The molecular weight excluding hydrogens is 372 g/mol. The van der Waals surface area contributed by atoms with E-state index in [1.165, 1.54) is 19.3 Å². The molecule has 8 heteroatoms. The van der Waals surface area contributed by atoms with Gasteiger partial charge in [-0.05, 0) is 37.1 Å². The fraction of sp³-hybridized carbons (Fsp3) is 0.571. The molecular formula is C21H28N4O4. The van der Waals surface area contributed by atoms with E-state index in [2.05, 4.69) is 15.5 Å². The van der Waals surface area contributed by atoms with Crippen molar-refractivity contribution in [2.24, 2.45) is 0 Å². The van der Waals surface area contributed by atoms with E-state index in [-0.39, 0.29) is 12.1 Å². The smallest absolute Gasteiger partial charge is 0.317 e. The van der Waals surface area contributed by atoms with E-state index < -0.39 is 0 Å². The van der Waals surface area contributed by atoms with Crippen LogP contribution in [-0.4, -0.2) is 53.4 Å². The Morgan fingerprint density at radius 2 is 2.00 bits per heavy atom. The van der Waals surface area contributed by atoms with Gasteiger partial charge in [-0.3, -0.25) is 0 Å². The lowest BCUT2D eigenvalue weighted by Gasteiger charge is -2.26. The van der Waals surface area contributed by atoms with Crippen molar-refractivity contribution in [1.29, 1.82) is 0 Å². The number of ether oxygens (including phenoxy) is 2. The summed E-state index contributed by atoms with van der Waals surface area (Å²) in [5, 5.41) is 7.14. The summed E-state index contributed by atoms with van der Waals surface area (Å²) in [6.45, 7) is 1.64. The van der Waals surface area contributed by atoms with Crippen LogP contribution < -0.4 is 10.1 Å². The number of benzene rings is 1. The van der Waals surface area contributed by atoms with Gasteiger partial charge in [-0.25, -0.2) is 4.79 Å². The van der Waals surface area contributed by atoms with Gasteiger partial charge < -0.3 is 24.2 Å². The van der Waals surface area contributed by atoms with Gasteiger partial charge in [-0.15, -0.1) is 0 Å². The molecule has 2 fully saturated rings. The summed E-state index contributed by atoms with van der Waals surface area (Å²) < 4.78 is 16.2. The third kappa shape index (κ3) is 5.06. The molecule has 2 aromatic rings. The van der Waals surface area contributed by atoms with E-state index in [9.17, 15) is 4.79 Å². The minimum absolute atomic E-state index is 0.0106. The Morgan fingerprint density at radius 3 is 2.76 bits per heavy atom. The van der Waals surface area contributed by atoms with Gasteiger partial charge in [0.2, 0.25) is 5.82 Å². The van der Waals surface area contributed by atoms with Gasteiger partial charge in [0.15, 0.2) is 0 Å². The van der Waals surface area contributed by atoms with Crippen LogP contribution in [0.25, 0.3) is 11.4 Å². The number of likely N-dealkylation sites (tertiary alicyclic amines) is 1. The minimum Gasteiger partial charge on any atom is -0.489 e. The lowest BCUT2D eigenvalue weighted by molar-refractivity contribution is 0.151. The van der Waals surface area contributed by atoms with Crippen molar-refractivity contribution in [3.8, 4) is 17.1 Å². The van der Waals surface area contributed by atoms with Crippen LogP contribution in [0.5, 0.6) is 5.75 Å². The normalized spacial score (nSPS) is 20.0.